The van der Waals surface area contributed by atoms with Crippen LogP contribution >= 0.6 is 0 Å². The second-order valence-electron chi connectivity index (χ2n) is 6.40. The summed E-state index contributed by atoms with van der Waals surface area (Å²) in [4.78, 5) is 14.1. The van der Waals surface area contributed by atoms with E-state index in [9.17, 15) is 4.79 Å². The average Bonchev–Trinajstić information content (AvgIpc) is 2.74. The van der Waals surface area contributed by atoms with Gasteiger partial charge >= 0.3 is 6.09 Å². The molecule has 0 radical (unpaired) electrons. The zero-order valence-electron chi connectivity index (χ0n) is 11.5. The smallest absolute Gasteiger partial charge is 0.410 e. The Kier molecular flexibility index (Phi) is 3.52. The molecule has 2 rings (SSSR count). The molecule has 0 unspecified atom stereocenters. The summed E-state index contributed by atoms with van der Waals surface area (Å²) in [6.45, 7) is 5.64. The van der Waals surface area contributed by atoms with Crippen LogP contribution in [0.1, 0.15) is 52.9 Å². The predicted molar refractivity (Wildman–Crippen MR) is 67.8 cm³/mol. The van der Waals surface area contributed by atoms with Gasteiger partial charge in [-0.25, -0.2) is 4.79 Å². The van der Waals surface area contributed by atoms with Crippen LogP contribution in [0.3, 0.4) is 0 Å². The number of likely N-dealkylation sites (tertiary alicyclic amines) is 1. The SMILES string of the molecule is CC(C)(C)OC(=O)N1[C@H](CC#N)C[C@@H]2CCC[C@@H]21. The molecule has 4 heteroatoms. The van der Waals surface area contributed by atoms with Crippen LogP contribution in [0.15, 0.2) is 0 Å². The van der Waals surface area contributed by atoms with Crippen LogP contribution in [0.2, 0.25) is 0 Å². The number of ether oxygens (including phenoxy) is 1. The summed E-state index contributed by atoms with van der Waals surface area (Å²) in [7, 11) is 0. The monoisotopic (exact) mass is 250 g/mol. The van der Waals surface area contributed by atoms with Crippen molar-refractivity contribution >= 4 is 6.09 Å². The standard InChI is InChI=1S/C14H22N2O2/c1-14(2,3)18-13(17)16-11(7-8-15)9-10-5-4-6-12(10)16/h10-12H,4-7,9H2,1-3H3/t10-,11+,12-/m0/s1. The van der Waals surface area contributed by atoms with Crippen molar-refractivity contribution in [3.63, 3.8) is 0 Å². The third-order valence-electron chi connectivity index (χ3n) is 3.88. The van der Waals surface area contributed by atoms with E-state index in [0.29, 0.717) is 18.4 Å². The molecule has 1 saturated carbocycles. The zero-order valence-corrected chi connectivity index (χ0v) is 11.5. The normalized spacial score (nSPS) is 31.0. The molecule has 4 nitrogen and oxygen atoms in total. The highest BCUT2D eigenvalue weighted by Crippen LogP contribution is 2.42. The molecule has 0 N–H and O–H groups in total. The minimum atomic E-state index is -0.467. The average molecular weight is 250 g/mol. The fraction of sp³-hybridized carbons (Fsp3) is 0.857. The number of fused-ring (bicyclic) bond motifs is 1. The molecule has 3 atom stereocenters. The summed E-state index contributed by atoms with van der Waals surface area (Å²) in [5.41, 5.74) is -0.467. The second-order valence-corrected chi connectivity index (χ2v) is 6.40. The molecule has 0 aromatic rings. The van der Waals surface area contributed by atoms with Gasteiger partial charge in [0.1, 0.15) is 5.60 Å². The van der Waals surface area contributed by atoms with Gasteiger partial charge in [-0.15, -0.1) is 0 Å². The number of amides is 1. The molecule has 1 amide bonds. The fourth-order valence-corrected chi connectivity index (χ4v) is 3.28. The molecule has 100 valence electrons. The third-order valence-corrected chi connectivity index (χ3v) is 3.88. The number of carbonyl (C=O) groups excluding carboxylic acids is 1. The molecule has 0 bridgehead atoms. The Morgan fingerprint density at radius 2 is 2.17 bits per heavy atom. The van der Waals surface area contributed by atoms with E-state index in [-0.39, 0.29) is 12.1 Å². The lowest BCUT2D eigenvalue weighted by molar-refractivity contribution is 0.0143. The van der Waals surface area contributed by atoms with Crippen molar-refractivity contribution in [3.05, 3.63) is 0 Å². The van der Waals surface area contributed by atoms with Crippen LogP contribution in [0.25, 0.3) is 0 Å². The summed E-state index contributed by atoms with van der Waals surface area (Å²) in [5.74, 6) is 0.580. The van der Waals surface area contributed by atoms with E-state index in [2.05, 4.69) is 6.07 Å². The summed E-state index contributed by atoms with van der Waals surface area (Å²) in [6.07, 6.45) is 4.59. The number of hydrogen-bond donors (Lipinski definition) is 0. The minimum absolute atomic E-state index is 0.0557. The van der Waals surface area contributed by atoms with Crippen LogP contribution in [-0.2, 0) is 4.74 Å². The Labute approximate surface area is 109 Å². The molecule has 1 heterocycles. The topological polar surface area (TPSA) is 53.3 Å². The van der Waals surface area contributed by atoms with Crippen molar-refractivity contribution in [2.75, 3.05) is 0 Å². The Morgan fingerprint density at radius 3 is 2.78 bits per heavy atom. The molecular formula is C14H22N2O2. The van der Waals surface area contributed by atoms with Crippen LogP contribution in [0.5, 0.6) is 0 Å². The lowest BCUT2D eigenvalue weighted by Gasteiger charge is -2.31. The van der Waals surface area contributed by atoms with E-state index in [1.807, 2.05) is 25.7 Å². The molecule has 18 heavy (non-hydrogen) atoms. The maximum Gasteiger partial charge on any atom is 0.410 e. The highest BCUT2D eigenvalue weighted by atomic mass is 16.6. The quantitative estimate of drug-likeness (QED) is 0.718. The van der Waals surface area contributed by atoms with Crippen LogP contribution in [-0.4, -0.2) is 28.7 Å². The predicted octanol–water partition coefficient (Wildman–Crippen LogP) is 3.08. The second kappa shape index (κ2) is 4.79. The summed E-state index contributed by atoms with van der Waals surface area (Å²) >= 11 is 0. The highest BCUT2D eigenvalue weighted by Gasteiger charge is 2.46. The molecule has 2 fully saturated rings. The van der Waals surface area contributed by atoms with Crippen LogP contribution in [0.4, 0.5) is 4.79 Å². The van der Waals surface area contributed by atoms with Crippen molar-refractivity contribution in [2.24, 2.45) is 5.92 Å². The van der Waals surface area contributed by atoms with Crippen molar-refractivity contribution in [2.45, 2.75) is 70.6 Å². The van der Waals surface area contributed by atoms with Crippen molar-refractivity contribution < 1.29 is 9.53 Å². The summed E-state index contributed by atoms with van der Waals surface area (Å²) in [5, 5.41) is 8.89. The molecular weight excluding hydrogens is 228 g/mol. The maximum atomic E-state index is 12.3. The molecule has 0 aromatic heterocycles. The molecule has 1 aliphatic carbocycles. The van der Waals surface area contributed by atoms with Gasteiger partial charge in [0.2, 0.25) is 0 Å². The van der Waals surface area contributed by atoms with Gasteiger partial charge in [-0.2, -0.15) is 5.26 Å². The number of nitrogens with zero attached hydrogens (tertiary/aromatic N) is 2. The zero-order chi connectivity index (χ0) is 13.3. The van der Waals surface area contributed by atoms with Gasteiger partial charge in [-0.3, -0.25) is 0 Å². The van der Waals surface area contributed by atoms with Gasteiger partial charge in [0.05, 0.1) is 12.5 Å². The number of rotatable bonds is 1. The number of nitriles is 1. The first-order chi connectivity index (χ1) is 8.42. The third kappa shape index (κ3) is 2.60. The molecule has 1 saturated heterocycles. The van der Waals surface area contributed by atoms with Gasteiger partial charge in [0.25, 0.3) is 0 Å². The highest BCUT2D eigenvalue weighted by molar-refractivity contribution is 5.69. The van der Waals surface area contributed by atoms with Crippen molar-refractivity contribution in [1.29, 1.82) is 5.26 Å². The Morgan fingerprint density at radius 1 is 1.44 bits per heavy atom. The van der Waals surface area contributed by atoms with Gasteiger partial charge in [-0.05, 0) is 46.0 Å². The first kappa shape index (κ1) is 13.2. The van der Waals surface area contributed by atoms with E-state index in [1.54, 1.807) is 0 Å². The first-order valence-electron chi connectivity index (χ1n) is 6.80. The van der Waals surface area contributed by atoms with Crippen LogP contribution < -0.4 is 0 Å². The summed E-state index contributed by atoms with van der Waals surface area (Å²) in [6, 6.07) is 2.56. The van der Waals surface area contributed by atoms with Gasteiger partial charge in [0.15, 0.2) is 0 Å². The van der Waals surface area contributed by atoms with E-state index >= 15 is 0 Å². The van der Waals surface area contributed by atoms with E-state index < -0.39 is 5.60 Å². The fourth-order valence-electron chi connectivity index (χ4n) is 3.28. The number of carbonyl (C=O) groups is 1. The Balaban J connectivity index is 2.11. The molecule has 0 aromatic carbocycles. The van der Waals surface area contributed by atoms with Gasteiger partial charge < -0.3 is 9.64 Å². The lowest BCUT2D eigenvalue weighted by Crippen LogP contribution is -2.44. The molecule has 0 spiro atoms. The van der Waals surface area contributed by atoms with Crippen LogP contribution in [0, 0.1) is 17.2 Å². The summed E-state index contributed by atoms with van der Waals surface area (Å²) < 4.78 is 5.48. The van der Waals surface area contributed by atoms with Gasteiger partial charge in [-0.1, -0.05) is 6.42 Å². The number of hydrogen-bond acceptors (Lipinski definition) is 3. The van der Waals surface area contributed by atoms with E-state index in [1.165, 1.54) is 12.8 Å². The van der Waals surface area contributed by atoms with Crippen molar-refractivity contribution in [1.82, 2.24) is 4.90 Å². The van der Waals surface area contributed by atoms with Crippen molar-refractivity contribution in [3.8, 4) is 6.07 Å². The Hall–Kier alpha value is -1.24. The Bertz CT molecular complexity index is 367. The van der Waals surface area contributed by atoms with E-state index in [0.717, 1.165) is 12.8 Å². The largest absolute Gasteiger partial charge is 0.444 e. The maximum absolute atomic E-state index is 12.3. The van der Waals surface area contributed by atoms with E-state index in [4.69, 9.17) is 10.00 Å². The lowest BCUT2D eigenvalue weighted by atomic mass is 10.0. The van der Waals surface area contributed by atoms with Gasteiger partial charge in [0, 0.05) is 12.1 Å². The molecule has 2 aliphatic rings. The first-order valence-corrected chi connectivity index (χ1v) is 6.80. The minimum Gasteiger partial charge on any atom is -0.444 e. The molecule has 1 aliphatic heterocycles.